The Balaban J connectivity index is 1.87. The van der Waals surface area contributed by atoms with Crippen LogP contribution >= 0.6 is 11.6 Å². The molecule has 3 rings (SSSR count). The molecule has 1 aromatic heterocycles. The van der Waals surface area contributed by atoms with Crippen LogP contribution in [0, 0.1) is 20.8 Å². The van der Waals surface area contributed by atoms with Crippen LogP contribution in [0.2, 0.25) is 5.02 Å². The minimum absolute atomic E-state index is 0.779. The molecule has 112 valence electrons. The molecule has 0 saturated carbocycles. The van der Waals surface area contributed by atoms with Crippen LogP contribution in [0.5, 0.6) is 0 Å². The van der Waals surface area contributed by atoms with Gasteiger partial charge in [-0.2, -0.15) is 5.10 Å². The molecule has 0 fully saturated rings. The average Bonchev–Trinajstić information content (AvgIpc) is 2.90. The maximum absolute atomic E-state index is 6.01. The highest BCUT2D eigenvalue weighted by atomic mass is 35.5. The Bertz CT molecular complexity index is 818. The molecule has 0 spiro atoms. The highest BCUT2D eigenvalue weighted by Gasteiger charge is 2.08. The second-order valence-electron chi connectivity index (χ2n) is 5.84. The third-order valence-corrected chi connectivity index (χ3v) is 4.21. The summed E-state index contributed by atoms with van der Waals surface area (Å²) in [7, 11) is 0. The number of H-pyrrole nitrogens is 1. The van der Waals surface area contributed by atoms with E-state index in [0.717, 1.165) is 22.8 Å². The molecule has 0 aliphatic rings. The van der Waals surface area contributed by atoms with Gasteiger partial charge in [-0.3, -0.25) is 5.10 Å². The van der Waals surface area contributed by atoms with E-state index in [9.17, 15) is 0 Å². The monoisotopic (exact) mass is 310 g/mol. The van der Waals surface area contributed by atoms with Crippen LogP contribution in [0.3, 0.4) is 0 Å². The maximum Gasteiger partial charge on any atom is 0.0926 e. The van der Waals surface area contributed by atoms with Crippen LogP contribution in [-0.2, 0) is 6.42 Å². The second kappa shape index (κ2) is 5.98. The van der Waals surface area contributed by atoms with E-state index in [0.29, 0.717) is 0 Å². The summed E-state index contributed by atoms with van der Waals surface area (Å²) in [5.41, 5.74) is 8.28. The Morgan fingerprint density at radius 1 is 0.955 bits per heavy atom. The molecule has 0 amide bonds. The van der Waals surface area contributed by atoms with Crippen molar-refractivity contribution in [1.82, 2.24) is 10.2 Å². The number of hydrogen-bond donors (Lipinski definition) is 1. The highest BCUT2D eigenvalue weighted by Crippen LogP contribution is 2.24. The number of rotatable bonds is 3. The van der Waals surface area contributed by atoms with Gasteiger partial charge in [-0.05, 0) is 55.7 Å². The number of benzene rings is 2. The van der Waals surface area contributed by atoms with Crippen LogP contribution in [0.1, 0.15) is 27.9 Å². The van der Waals surface area contributed by atoms with Crippen molar-refractivity contribution < 1.29 is 0 Å². The van der Waals surface area contributed by atoms with Crippen molar-refractivity contribution in [2.45, 2.75) is 27.2 Å². The first kappa shape index (κ1) is 14.9. The molecule has 0 aliphatic heterocycles. The lowest BCUT2D eigenvalue weighted by atomic mass is 10.0. The Morgan fingerprint density at radius 3 is 2.50 bits per heavy atom. The summed E-state index contributed by atoms with van der Waals surface area (Å²) in [4.78, 5) is 0. The Hall–Kier alpha value is -2.06. The number of halogens is 1. The molecule has 0 atom stereocenters. The van der Waals surface area contributed by atoms with Crippen LogP contribution < -0.4 is 0 Å². The molecular weight excluding hydrogens is 292 g/mol. The molecule has 0 aliphatic carbocycles. The first-order chi connectivity index (χ1) is 10.5. The van der Waals surface area contributed by atoms with Crippen molar-refractivity contribution in [2.75, 3.05) is 0 Å². The number of hydrogen-bond acceptors (Lipinski definition) is 1. The molecule has 0 radical (unpaired) electrons. The quantitative estimate of drug-likeness (QED) is 0.703. The van der Waals surface area contributed by atoms with Gasteiger partial charge < -0.3 is 0 Å². The Labute approximate surface area is 136 Å². The highest BCUT2D eigenvalue weighted by molar-refractivity contribution is 6.30. The van der Waals surface area contributed by atoms with Crippen LogP contribution in [0.15, 0.2) is 42.5 Å². The van der Waals surface area contributed by atoms with Gasteiger partial charge in [-0.25, -0.2) is 0 Å². The number of aromatic amines is 1. The number of aryl methyl sites for hydroxylation is 3. The summed E-state index contributed by atoms with van der Waals surface area (Å²) in [5, 5.41) is 8.40. The van der Waals surface area contributed by atoms with Gasteiger partial charge in [0.15, 0.2) is 0 Å². The fourth-order valence-corrected chi connectivity index (χ4v) is 2.98. The standard InChI is InChI=1S/C19H19ClN2/c1-12-4-7-18(14(3)8-12)19-11-17(21-22-19)10-15-5-6-16(20)9-13(15)2/h4-9,11H,10H2,1-3H3,(H,21,22). The zero-order chi connectivity index (χ0) is 15.7. The lowest BCUT2D eigenvalue weighted by Gasteiger charge is -2.04. The molecule has 2 aromatic carbocycles. The van der Waals surface area contributed by atoms with Crippen LogP contribution in [-0.4, -0.2) is 10.2 Å². The van der Waals surface area contributed by atoms with Gasteiger partial charge in [-0.1, -0.05) is 41.4 Å². The predicted molar refractivity (Wildman–Crippen MR) is 92.5 cm³/mol. The molecule has 0 unspecified atom stereocenters. The van der Waals surface area contributed by atoms with Crippen molar-refractivity contribution in [3.05, 3.63) is 75.4 Å². The summed E-state index contributed by atoms with van der Waals surface area (Å²) in [6, 6.07) is 14.6. The van der Waals surface area contributed by atoms with E-state index in [-0.39, 0.29) is 0 Å². The minimum Gasteiger partial charge on any atom is -0.282 e. The Kier molecular flexibility index (Phi) is 4.04. The first-order valence-corrected chi connectivity index (χ1v) is 7.77. The topological polar surface area (TPSA) is 28.7 Å². The second-order valence-corrected chi connectivity index (χ2v) is 6.28. The van der Waals surface area contributed by atoms with Crippen LogP contribution in [0.25, 0.3) is 11.3 Å². The lowest BCUT2D eigenvalue weighted by molar-refractivity contribution is 0.992. The SMILES string of the molecule is Cc1ccc(-c2cc(Cc3ccc(Cl)cc3C)[nH]n2)c(C)c1. The van der Waals surface area contributed by atoms with E-state index in [1.54, 1.807) is 0 Å². The summed E-state index contributed by atoms with van der Waals surface area (Å²) >= 11 is 6.01. The number of nitrogens with one attached hydrogen (secondary N) is 1. The smallest absolute Gasteiger partial charge is 0.0926 e. The molecule has 3 heteroatoms. The van der Waals surface area contributed by atoms with Crippen molar-refractivity contribution in [2.24, 2.45) is 0 Å². The molecule has 2 nitrogen and oxygen atoms in total. The summed E-state index contributed by atoms with van der Waals surface area (Å²) < 4.78 is 0. The van der Waals surface area contributed by atoms with Gasteiger partial charge in [0.05, 0.1) is 5.69 Å². The maximum atomic E-state index is 6.01. The van der Waals surface area contributed by atoms with Crippen molar-refractivity contribution in [1.29, 1.82) is 0 Å². The van der Waals surface area contributed by atoms with Gasteiger partial charge in [0, 0.05) is 22.7 Å². The summed E-state index contributed by atoms with van der Waals surface area (Å²) in [6.45, 7) is 6.32. The normalized spacial score (nSPS) is 10.9. The van der Waals surface area contributed by atoms with Crippen molar-refractivity contribution in [3.63, 3.8) is 0 Å². The zero-order valence-electron chi connectivity index (χ0n) is 13.1. The van der Waals surface area contributed by atoms with E-state index in [1.807, 2.05) is 12.1 Å². The average molecular weight is 311 g/mol. The van der Waals surface area contributed by atoms with E-state index < -0.39 is 0 Å². The minimum atomic E-state index is 0.779. The third kappa shape index (κ3) is 3.07. The lowest BCUT2D eigenvalue weighted by Crippen LogP contribution is -1.91. The first-order valence-electron chi connectivity index (χ1n) is 7.40. The predicted octanol–water partition coefficient (Wildman–Crippen LogP) is 5.25. The molecule has 0 bridgehead atoms. The molecule has 1 N–H and O–H groups in total. The number of nitrogens with zero attached hydrogens (tertiary/aromatic N) is 1. The molecular formula is C19H19ClN2. The van der Waals surface area contributed by atoms with Gasteiger partial charge in [0.2, 0.25) is 0 Å². The fraction of sp³-hybridized carbons (Fsp3) is 0.211. The van der Waals surface area contributed by atoms with Crippen molar-refractivity contribution in [3.8, 4) is 11.3 Å². The molecule has 3 aromatic rings. The van der Waals surface area contributed by atoms with Gasteiger partial charge >= 0.3 is 0 Å². The number of aromatic nitrogens is 2. The van der Waals surface area contributed by atoms with E-state index in [1.165, 1.54) is 27.8 Å². The van der Waals surface area contributed by atoms with Gasteiger partial charge in [0.1, 0.15) is 0 Å². The van der Waals surface area contributed by atoms with Gasteiger partial charge in [0.25, 0.3) is 0 Å². The largest absolute Gasteiger partial charge is 0.282 e. The van der Waals surface area contributed by atoms with Crippen molar-refractivity contribution >= 4 is 11.6 Å². The summed E-state index contributed by atoms with van der Waals surface area (Å²) in [6.07, 6.45) is 0.834. The van der Waals surface area contributed by atoms with E-state index in [4.69, 9.17) is 11.6 Å². The molecule has 1 heterocycles. The van der Waals surface area contributed by atoms with E-state index >= 15 is 0 Å². The summed E-state index contributed by atoms with van der Waals surface area (Å²) in [5.74, 6) is 0. The van der Waals surface area contributed by atoms with Crippen LogP contribution in [0.4, 0.5) is 0 Å². The van der Waals surface area contributed by atoms with E-state index in [2.05, 4.69) is 61.3 Å². The molecule has 22 heavy (non-hydrogen) atoms. The zero-order valence-corrected chi connectivity index (χ0v) is 13.8. The fourth-order valence-electron chi connectivity index (χ4n) is 2.75. The Morgan fingerprint density at radius 2 is 1.77 bits per heavy atom. The van der Waals surface area contributed by atoms with Gasteiger partial charge in [-0.15, -0.1) is 0 Å². The third-order valence-electron chi connectivity index (χ3n) is 3.97. The molecule has 0 saturated heterocycles.